The topological polar surface area (TPSA) is 58.6 Å². The minimum absolute atomic E-state index is 0.0380. The summed E-state index contributed by atoms with van der Waals surface area (Å²) in [6.07, 6.45) is 2.12. The number of rotatable bonds is 4. The monoisotopic (exact) mass is 329 g/mol. The largest absolute Gasteiger partial charge is 0.386 e. The van der Waals surface area contributed by atoms with Crippen molar-refractivity contribution in [2.45, 2.75) is 37.6 Å². The van der Waals surface area contributed by atoms with Gasteiger partial charge in [-0.05, 0) is 31.4 Å². The lowest BCUT2D eigenvalue weighted by Gasteiger charge is -2.20. The second-order valence-corrected chi connectivity index (χ2v) is 6.43. The van der Waals surface area contributed by atoms with E-state index in [1.807, 2.05) is 0 Å². The van der Waals surface area contributed by atoms with Gasteiger partial charge >= 0.3 is 0 Å². The molecule has 4 atom stereocenters. The molecule has 2 saturated heterocycles. The molecule has 4 nitrogen and oxygen atoms in total. The molecule has 1 aromatic rings. The third-order valence-corrected chi connectivity index (χ3v) is 4.90. The summed E-state index contributed by atoms with van der Waals surface area (Å²) in [7, 11) is 0. The molecular formula is C15H17Cl2NO3. The number of carbonyl (C=O) groups is 1. The fourth-order valence-corrected chi connectivity index (χ4v) is 3.82. The lowest BCUT2D eigenvalue weighted by Crippen LogP contribution is -2.38. The van der Waals surface area contributed by atoms with Gasteiger partial charge in [-0.2, -0.15) is 0 Å². The van der Waals surface area contributed by atoms with E-state index >= 15 is 0 Å². The molecule has 2 bridgehead atoms. The average molecular weight is 330 g/mol. The number of aliphatic hydroxyl groups is 1. The van der Waals surface area contributed by atoms with Crippen LogP contribution in [-0.2, 0) is 9.53 Å². The average Bonchev–Trinajstić information content (AvgIpc) is 3.07. The van der Waals surface area contributed by atoms with Crippen LogP contribution in [0.3, 0.4) is 0 Å². The van der Waals surface area contributed by atoms with Crippen molar-refractivity contribution in [3.63, 3.8) is 0 Å². The molecule has 0 aromatic heterocycles. The molecule has 0 saturated carbocycles. The predicted molar refractivity (Wildman–Crippen MR) is 80.4 cm³/mol. The molecular weight excluding hydrogens is 313 g/mol. The van der Waals surface area contributed by atoms with Gasteiger partial charge in [-0.1, -0.05) is 29.3 Å². The van der Waals surface area contributed by atoms with Crippen LogP contribution in [0.15, 0.2) is 18.2 Å². The van der Waals surface area contributed by atoms with E-state index in [1.165, 1.54) is 0 Å². The van der Waals surface area contributed by atoms with Crippen LogP contribution in [0.1, 0.15) is 30.9 Å². The van der Waals surface area contributed by atoms with Crippen molar-refractivity contribution >= 4 is 29.1 Å². The number of carbonyl (C=O) groups excluding carboxylic acids is 1. The van der Waals surface area contributed by atoms with E-state index in [0.717, 1.165) is 19.3 Å². The van der Waals surface area contributed by atoms with Crippen LogP contribution in [0.25, 0.3) is 0 Å². The minimum atomic E-state index is -0.922. The number of hydrogen-bond acceptors (Lipinski definition) is 3. The first-order valence-electron chi connectivity index (χ1n) is 7.11. The van der Waals surface area contributed by atoms with Gasteiger partial charge in [-0.25, -0.2) is 0 Å². The SMILES string of the molecule is O=C(NCC(O)c1c(Cl)cccc1Cl)C1CC2CCC1O2. The molecule has 21 heavy (non-hydrogen) atoms. The lowest BCUT2D eigenvalue weighted by atomic mass is 9.88. The lowest BCUT2D eigenvalue weighted by molar-refractivity contribution is -0.127. The highest BCUT2D eigenvalue weighted by atomic mass is 35.5. The van der Waals surface area contributed by atoms with Crippen LogP contribution in [0.4, 0.5) is 0 Å². The number of amides is 1. The molecule has 2 aliphatic rings. The summed E-state index contributed by atoms with van der Waals surface area (Å²) >= 11 is 12.1. The Morgan fingerprint density at radius 3 is 2.67 bits per heavy atom. The van der Waals surface area contributed by atoms with Crippen molar-refractivity contribution in [1.82, 2.24) is 5.32 Å². The third-order valence-electron chi connectivity index (χ3n) is 4.25. The first-order chi connectivity index (χ1) is 10.1. The van der Waals surface area contributed by atoms with Crippen LogP contribution >= 0.6 is 23.2 Å². The molecule has 2 heterocycles. The van der Waals surface area contributed by atoms with Crippen molar-refractivity contribution in [2.24, 2.45) is 5.92 Å². The molecule has 2 fully saturated rings. The summed E-state index contributed by atoms with van der Waals surface area (Å²) in [5, 5.41) is 13.8. The maximum atomic E-state index is 12.2. The number of halogens is 2. The Bertz CT molecular complexity index is 531. The Hall–Kier alpha value is -0.810. The van der Waals surface area contributed by atoms with E-state index in [4.69, 9.17) is 27.9 Å². The fourth-order valence-electron chi connectivity index (χ4n) is 3.17. The van der Waals surface area contributed by atoms with Gasteiger partial charge in [0.25, 0.3) is 0 Å². The van der Waals surface area contributed by atoms with Crippen molar-refractivity contribution < 1.29 is 14.6 Å². The van der Waals surface area contributed by atoms with Crippen molar-refractivity contribution in [1.29, 1.82) is 0 Å². The number of ether oxygens (including phenoxy) is 1. The van der Waals surface area contributed by atoms with Crippen molar-refractivity contribution in [3.05, 3.63) is 33.8 Å². The zero-order chi connectivity index (χ0) is 15.0. The van der Waals surface area contributed by atoms with Gasteiger partial charge in [0.15, 0.2) is 0 Å². The molecule has 1 aromatic carbocycles. The maximum Gasteiger partial charge on any atom is 0.225 e. The molecule has 0 aliphatic carbocycles. The van der Waals surface area contributed by atoms with E-state index in [9.17, 15) is 9.90 Å². The number of nitrogens with one attached hydrogen (secondary N) is 1. The van der Waals surface area contributed by atoms with E-state index < -0.39 is 6.10 Å². The molecule has 0 radical (unpaired) electrons. The van der Waals surface area contributed by atoms with Gasteiger partial charge in [0.2, 0.25) is 5.91 Å². The summed E-state index contributed by atoms with van der Waals surface area (Å²) in [4.78, 5) is 12.2. The quantitative estimate of drug-likeness (QED) is 0.892. The third kappa shape index (κ3) is 3.04. The van der Waals surface area contributed by atoms with Crippen LogP contribution < -0.4 is 5.32 Å². The van der Waals surface area contributed by atoms with E-state index in [2.05, 4.69) is 5.32 Å². The fraction of sp³-hybridized carbons (Fsp3) is 0.533. The van der Waals surface area contributed by atoms with Crippen LogP contribution in [-0.4, -0.2) is 29.8 Å². The van der Waals surface area contributed by atoms with Gasteiger partial charge in [0.1, 0.15) is 0 Å². The Labute approximate surface area is 133 Å². The molecule has 2 aliphatic heterocycles. The summed E-state index contributed by atoms with van der Waals surface area (Å²) in [5.41, 5.74) is 0.449. The Morgan fingerprint density at radius 1 is 1.38 bits per heavy atom. The molecule has 3 rings (SSSR count). The van der Waals surface area contributed by atoms with E-state index in [0.29, 0.717) is 15.6 Å². The Kier molecular flexibility index (Phi) is 4.41. The van der Waals surface area contributed by atoms with Gasteiger partial charge in [0.05, 0.1) is 24.2 Å². The van der Waals surface area contributed by atoms with Crippen LogP contribution in [0.2, 0.25) is 10.0 Å². The van der Waals surface area contributed by atoms with Gasteiger partial charge in [-0.15, -0.1) is 0 Å². The van der Waals surface area contributed by atoms with Crippen LogP contribution in [0, 0.1) is 5.92 Å². The second kappa shape index (κ2) is 6.13. The molecule has 0 spiro atoms. The Balaban J connectivity index is 1.58. The zero-order valence-corrected chi connectivity index (χ0v) is 12.9. The standard InChI is InChI=1S/C15H17Cl2NO3/c16-10-2-1-3-11(17)14(10)12(19)7-18-15(20)9-6-8-4-5-13(9)21-8/h1-3,8-9,12-13,19H,4-7H2,(H,18,20). The molecule has 4 unspecified atom stereocenters. The van der Waals surface area contributed by atoms with E-state index in [-0.39, 0.29) is 30.6 Å². The smallest absolute Gasteiger partial charge is 0.225 e. The van der Waals surface area contributed by atoms with Crippen molar-refractivity contribution in [3.8, 4) is 0 Å². The summed E-state index contributed by atoms with van der Waals surface area (Å²) < 4.78 is 5.67. The predicted octanol–water partition coefficient (Wildman–Crippen LogP) is 2.71. The number of fused-ring (bicyclic) bond motifs is 2. The van der Waals surface area contributed by atoms with E-state index in [1.54, 1.807) is 18.2 Å². The maximum absolute atomic E-state index is 12.2. The number of benzene rings is 1. The summed E-state index contributed by atoms with van der Waals surface area (Å²) in [6.45, 7) is 0.0934. The number of aliphatic hydroxyl groups excluding tert-OH is 1. The van der Waals surface area contributed by atoms with Gasteiger partial charge in [0, 0.05) is 22.2 Å². The molecule has 1 amide bonds. The molecule has 2 N–H and O–H groups in total. The van der Waals surface area contributed by atoms with Crippen LogP contribution in [0.5, 0.6) is 0 Å². The second-order valence-electron chi connectivity index (χ2n) is 5.61. The van der Waals surface area contributed by atoms with Gasteiger partial charge in [-0.3, -0.25) is 4.79 Å². The molecule has 6 heteroatoms. The highest BCUT2D eigenvalue weighted by molar-refractivity contribution is 6.36. The van der Waals surface area contributed by atoms with Crippen molar-refractivity contribution in [2.75, 3.05) is 6.54 Å². The zero-order valence-electron chi connectivity index (χ0n) is 11.4. The first kappa shape index (κ1) is 15.1. The summed E-state index contributed by atoms with van der Waals surface area (Å²) in [6, 6.07) is 5.04. The Morgan fingerprint density at radius 2 is 2.10 bits per heavy atom. The molecule has 114 valence electrons. The number of hydrogen-bond donors (Lipinski definition) is 2. The van der Waals surface area contributed by atoms with Gasteiger partial charge < -0.3 is 15.2 Å². The first-order valence-corrected chi connectivity index (χ1v) is 7.87. The normalized spacial score (nSPS) is 28.6. The summed E-state index contributed by atoms with van der Waals surface area (Å²) in [5.74, 6) is -0.165. The highest BCUT2D eigenvalue weighted by Crippen LogP contribution is 2.39. The highest BCUT2D eigenvalue weighted by Gasteiger charge is 2.44. The minimum Gasteiger partial charge on any atom is -0.386 e.